The van der Waals surface area contributed by atoms with Gasteiger partial charge in [0.15, 0.2) is 0 Å². The van der Waals surface area contributed by atoms with Crippen LogP contribution >= 0.6 is 0 Å². The zero-order valence-corrected chi connectivity index (χ0v) is 11.1. The van der Waals surface area contributed by atoms with Gasteiger partial charge in [-0.3, -0.25) is 0 Å². The van der Waals surface area contributed by atoms with Crippen molar-refractivity contribution in [2.24, 2.45) is 11.7 Å². The van der Waals surface area contributed by atoms with Gasteiger partial charge in [-0.1, -0.05) is 19.9 Å². The third-order valence-electron chi connectivity index (χ3n) is 3.66. The highest BCUT2D eigenvalue weighted by Gasteiger charge is 2.27. The molecule has 1 aliphatic heterocycles. The van der Waals surface area contributed by atoms with Crippen molar-refractivity contribution in [2.75, 3.05) is 11.4 Å². The molecule has 17 heavy (non-hydrogen) atoms. The molecule has 0 aromatic carbocycles. The molecule has 1 aliphatic rings. The van der Waals surface area contributed by atoms with Gasteiger partial charge in [0.1, 0.15) is 5.82 Å². The van der Waals surface area contributed by atoms with E-state index < -0.39 is 0 Å². The van der Waals surface area contributed by atoms with Gasteiger partial charge in [0.25, 0.3) is 0 Å². The molecule has 1 aromatic heterocycles. The number of anilines is 1. The Morgan fingerprint density at radius 1 is 1.35 bits per heavy atom. The van der Waals surface area contributed by atoms with Crippen molar-refractivity contribution < 1.29 is 0 Å². The molecule has 2 rings (SSSR count). The number of nitrogens with zero attached hydrogens (tertiary/aromatic N) is 2. The summed E-state index contributed by atoms with van der Waals surface area (Å²) in [6, 6.07) is 4.92. The molecule has 2 atom stereocenters. The van der Waals surface area contributed by atoms with Crippen molar-refractivity contribution in [1.82, 2.24) is 4.98 Å². The number of rotatable bonds is 3. The first-order valence-corrected chi connectivity index (χ1v) is 6.57. The molecule has 3 nitrogen and oxygen atoms in total. The van der Waals surface area contributed by atoms with E-state index in [0.717, 1.165) is 17.9 Å². The van der Waals surface area contributed by atoms with Crippen molar-refractivity contribution in [3.63, 3.8) is 0 Å². The molecule has 1 fully saturated rings. The van der Waals surface area contributed by atoms with Gasteiger partial charge >= 0.3 is 0 Å². The topological polar surface area (TPSA) is 42.1 Å². The summed E-state index contributed by atoms with van der Waals surface area (Å²) in [6.07, 6.45) is 4.48. The Morgan fingerprint density at radius 2 is 2.12 bits per heavy atom. The second-order valence-electron chi connectivity index (χ2n) is 5.39. The summed E-state index contributed by atoms with van der Waals surface area (Å²) in [7, 11) is 0. The molecule has 2 N–H and O–H groups in total. The summed E-state index contributed by atoms with van der Waals surface area (Å²) in [5.41, 5.74) is 6.94. The lowest BCUT2D eigenvalue weighted by atomic mass is 10.0. The molecule has 0 radical (unpaired) electrons. The van der Waals surface area contributed by atoms with Crippen molar-refractivity contribution >= 4 is 5.82 Å². The van der Waals surface area contributed by atoms with Gasteiger partial charge in [-0.2, -0.15) is 0 Å². The maximum atomic E-state index is 5.84. The minimum absolute atomic E-state index is 0.0658. The second kappa shape index (κ2) is 5.05. The average Bonchev–Trinajstić information content (AvgIpc) is 2.78. The molecule has 2 heterocycles. The van der Waals surface area contributed by atoms with Gasteiger partial charge < -0.3 is 10.6 Å². The van der Waals surface area contributed by atoms with Crippen molar-refractivity contribution in [3.05, 3.63) is 23.9 Å². The molecular weight excluding hydrogens is 210 g/mol. The number of aromatic nitrogens is 1. The average molecular weight is 233 g/mol. The lowest BCUT2D eigenvalue weighted by molar-refractivity contribution is 0.489. The number of hydrogen-bond donors (Lipinski definition) is 1. The quantitative estimate of drug-likeness (QED) is 0.873. The van der Waals surface area contributed by atoms with Crippen LogP contribution in [0.5, 0.6) is 0 Å². The highest BCUT2D eigenvalue weighted by molar-refractivity contribution is 5.42. The Bertz CT molecular complexity index is 356. The zero-order valence-electron chi connectivity index (χ0n) is 11.1. The number of nitrogens with two attached hydrogens (primary N) is 1. The van der Waals surface area contributed by atoms with E-state index >= 15 is 0 Å². The first-order chi connectivity index (χ1) is 8.09. The normalized spacial score (nSPS) is 22.2. The summed E-state index contributed by atoms with van der Waals surface area (Å²) >= 11 is 0. The number of pyridine rings is 1. The summed E-state index contributed by atoms with van der Waals surface area (Å²) in [6.45, 7) is 7.70. The van der Waals surface area contributed by atoms with E-state index in [1.807, 2.05) is 13.1 Å². The van der Waals surface area contributed by atoms with Crippen molar-refractivity contribution in [2.45, 2.75) is 45.7 Å². The lowest BCUT2D eigenvalue weighted by Gasteiger charge is -2.28. The van der Waals surface area contributed by atoms with Crippen LogP contribution in [0, 0.1) is 5.92 Å². The smallest absolute Gasteiger partial charge is 0.128 e. The Kier molecular flexibility index (Phi) is 3.67. The van der Waals surface area contributed by atoms with Crippen molar-refractivity contribution in [3.8, 4) is 0 Å². The van der Waals surface area contributed by atoms with Gasteiger partial charge in [0.05, 0.1) is 0 Å². The van der Waals surface area contributed by atoms with E-state index in [9.17, 15) is 0 Å². The van der Waals surface area contributed by atoms with Crippen molar-refractivity contribution in [1.29, 1.82) is 0 Å². The van der Waals surface area contributed by atoms with Gasteiger partial charge in [0, 0.05) is 24.8 Å². The van der Waals surface area contributed by atoms with Crippen LogP contribution in [0.3, 0.4) is 0 Å². The van der Waals surface area contributed by atoms with E-state index in [1.165, 1.54) is 12.8 Å². The first kappa shape index (κ1) is 12.4. The van der Waals surface area contributed by atoms with E-state index in [1.54, 1.807) is 0 Å². The van der Waals surface area contributed by atoms with Crippen LogP contribution < -0.4 is 10.6 Å². The van der Waals surface area contributed by atoms with Gasteiger partial charge in [-0.15, -0.1) is 0 Å². The van der Waals surface area contributed by atoms with Crippen LogP contribution in [0.2, 0.25) is 0 Å². The van der Waals surface area contributed by atoms with Crippen LogP contribution in [-0.2, 0) is 0 Å². The fraction of sp³-hybridized carbons (Fsp3) is 0.643. The molecule has 0 aliphatic carbocycles. The maximum Gasteiger partial charge on any atom is 0.128 e. The first-order valence-electron chi connectivity index (χ1n) is 6.57. The monoisotopic (exact) mass is 233 g/mol. The standard InChI is InChI=1S/C14H23N3/c1-10(2)13-5-4-8-17(13)14-7-6-12(9-16-14)11(3)15/h6-7,9-11,13H,4-5,8,15H2,1-3H3. The number of hydrogen-bond acceptors (Lipinski definition) is 3. The van der Waals surface area contributed by atoms with Gasteiger partial charge in [-0.25, -0.2) is 4.98 Å². The van der Waals surface area contributed by atoms with E-state index in [-0.39, 0.29) is 6.04 Å². The Hall–Kier alpha value is -1.09. The Balaban J connectivity index is 2.16. The molecule has 1 saturated heterocycles. The summed E-state index contributed by atoms with van der Waals surface area (Å²) in [5.74, 6) is 1.79. The third-order valence-corrected chi connectivity index (χ3v) is 3.66. The van der Waals surface area contributed by atoms with Crippen LogP contribution in [-0.4, -0.2) is 17.6 Å². The molecule has 94 valence electrons. The summed E-state index contributed by atoms with van der Waals surface area (Å²) in [4.78, 5) is 7.00. The van der Waals surface area contributed by atoms with Crippen LogP contribution in [0.25, 0.3) is 0 Å². The highest BCUT2D eigenvalue weighted by Crippen LogP contribution is 2.28. The summed E-state index contributed by atoms with van der Waals surface area (Å²) < 4.78 is 0. The Morgan fingerprint density at radius 3 is 2.65 bits per heavy atom. The third kappa shape index (κ3) is 2.60. The SMILES string of the molecule is CC(N)c1ccc(N2CCCC2C(C)C)nc1. The molecule has 3 heteroatoms. The van der Waals surface area contributed by atoms with Gasteiger partial charge in [-0.05, 0) is 37.3 Å². The second-order valence-corrected chi connectivity index (χ2v) is 5.39. The zero-order chi connectivity index (χ0) is 12.4. The minimum atomic E-state index is 0.0658. The predicted molar refractivity (Wildman–Crippen MR) is 72.0 cm³/mol. The van der Waals surface area contributed by atoms with Crippen LogP contribution in [0.15, 0.2) is 18.3 Å². The van der Waals surface area contributed by atoms with E-state index in [2.05, 4.69) is 35.9 Å². The molecule has 0 amide bonds. The maximum absolute atomic E-state index is 5.84. The predicted octanol–water partition coefficient (Wildman–Crippen LogP) is 2.73. The van der Waals surface area contributed by atoms with Crippen LogP contribution in [0.4, 0.5) is 5.82 Å². The summed E-state index contributed by atoms with van der Waals surface area (Å²) in [5, 5.41) is 0. The minimum Gasteiger partial charge on any atom is -0.353 e. The molecular formula is C14H23N3. The fourth-order valence-electron chi connectivity index (χ4n) is 2.61. The van der Waals surface area contributed by atoms with Crippen LogP contribution in [0.1, 0.15) is 45.2 Å². The molecule has 1 aromatic rings. The molecule has 0 bridgehead atoms. The van der Waals surface area contributed by atoms with E-state index in [0.29, 0.717) is 12.0 Å². The van der Waals surface area contributed by atoms with Gasteiger partial charge in [0.2, 0.25) is 0 Å². The molecule has 0 spiro atoms. The molecule has 0 saturated carbocycles. The fourth-order valence-corrected chi connectivity index (χ4v) is 2.61. The highest BCUT2D eigenvalue weighted by atomic mass is 15.2. The Labute approximate surface area is 104 Å². The lowest BCUT2D eigenvalue weighted by Crippen LogP contribution is -2.33. The van der Waals surface area contributed by atoms with E-state index in [4.69, 9.17) is 5.73 Å². The largest absolute Gasteiger partial charge is 0.353 e. The molecule has 2 unspecified atom stereocenters.